The average molecular weight is 328 g/mol. The number of carbonyl (C=O) groups is 3. The first-order valence-electron chi connectivity index (χ1n) is 8.04. The third-order valence-corrected chi connectivity index (χ3v) is 3.59. The van der Waals surface area contributed by atoms with Crippen molar-refractivity contribution >= 4 is 17.9 Å². The molecule has 1 heterocycles. The van der Waals surface area contributed by atoms with Crippen LogP contribution in [0.25, 0.3) is 0 Å². The predicted octanol–water partition coefficient (Wildman–Crippen LogP) is -0.209. The first-order chi connectivity index (χ1) is 10.9. The molecule has 1 saturated heterocycles. The van der Waals surface area contributed by atoms with Gasteiger partial charge in [-0.3, -0.25) is 9.59 Å². The van der Waals surface area contributed by atoms with E-state index >= 15 is 0 Å². The Morgan fingerprint density at radius 1 is 1.17 bits per heavy atom. The maximum atomic E-state index is 11.8. The molecule has 1 aliphatic rings. The third kappa shape index (κ3) is 7.83. The monoisotopic (exact) mass is 328 g/mol. The fourth-order valence-electron chi connectivity index (χ4n) is 2.33. The Kier molecular flexibility index (Phi) is 8.39. The lowest BCUT2D eigenvalue weighted by Crippen LogP contribution is -2.47. The molecule has 1 rings (SSSR count). The van der Waals surface area contributed by atoms with Crippen LogP contribution in [-0.4, -0.2) is 80.6 Å². The zero-order chi connectivity index (χ0) is 17.2. The number of hydrogen-bond donors (Lipinski definition) is 2. The molecule has 132 valence electrons. The molecule has 8 nitrogen and oxygen atoms in total. The van der Waals surface area contributed by atoms with E-state index in [1.54, 1.807) is 11.8 Å². The van der Waals surface area contributed by atoms with Crippen molar-refractivity contribution in [1.29, 1.82) is 0 Å². The van der Waals surface area contributed by atoms with E-state index in [0.717, 1.165) is 6.54 Å². The van der Waals surface area contributed by atoms with Gasteiger partial charge in [-0.15, -0.1) is 0 Å². The van der Waals surface area contributed by atoms with Gasteiger partial charge in [0, 0.05) is 32.2 Å². The van der Waals surface area contributed by atoms with E-state index in [0.29, 0.717) is 39.1 Å². The van der Waals surface area contributed by atoms with Crippen LogP contribution in [0.5, 0.6) is 0 Å². The molecule has 0 aromatic rings. The van der Waals surface area contributed by atoms with Crippen molar-refractivity contribution in [3.63, 3.8) is 0 Å². The van der Waals surface area contributed by atoms with Gasteiger partial charge in [-0.25, -0.2) is 4.79 Å². The molecule has 0 aromatic carbocycles. The summed E-state index contributed by atoms with van der Waals surface area (Å²) in [4.78, 5) is 38.7. The smallest absolute Gasteiger partial charge is 0.409 e. The molecule has 0 unspecified atom stereocenters. The number of amides is 3. The Hall–Kier alpha value is -1.83. The van der Waals surface area contributed by atoms with Gasteiger partial charge < -0.3 is 25.2 Å². The van der Waals surface area contributed by atoms with Gasteiger partial charge in [-0.2, -0.15) is 0 Å². The first-order valence-corrected chi connectivity index (χ1v) is 8.04. The second-order valence-electron chi connectivity index (χ2n) is 5.86. The number of hydrogen-bond acceptors (Lipinski definition) is 5. The van der Waals surface area contributed by atoms with Crippen LogP contribution >= 0.6 is 0 Å². The van der Waals surface area contributed by atoms with Crippen molar-refractivity contribution in [3.8, 4) is 0 Å². The Morgan fingerprint density at radius 2 is 1.83 bits per heavy atom. The van der Waals surface area contributed by atoms with Crippen LogP contribution in [0, 0.1) is 0 Å². The number of piperidine rings is 1. The topological polar surface area (TPSA) is 91.0 Å². The number of likely N-dealkylation sites (N-methyl/N-ethyl adjacent to an activating group) is 1. The molecule has 0 saturated carbocycles. The van der Waals surface area contributed by atoms with Crippen molar-refractivity contribution < 1.29 is 19.1 Å². The fourth-order valence-corrected chi connectivity index (χ4v) is 2.33. The van der Waals surface area contributed by atoms with E-state index in [1.165, 1.54) is 0 Å². The fraction of sp³-hybridized carbons (Fsp3) is 0.800. The zero-order valence-corrected chi connectivity index (χ0v) is 14.3. The van der Waals surface area contributed by atoms with Crippen molar-refractivity contribution in [2.75, 3.05) is 46.9 Å². The van der Waals surface area contributed by atoms with Crippen LogP contribution in [0.15, 0.2) is 0 Å². The van der Waals surface area contributed by atoms with E-state index < -0.39 is 0 Å². The van der Waals surface area contributed by atoms with Gasteiger partial charge in [0.05, 0.1) is 6.61 Å². The third-order valence-electron chi connectivity index (χ3n) is 3.59. The average Bonchev–Trinajstić information content (AvgIpc) is 2.47. The minimum atomic E-state index is -0.308. The quantitative estimate of drug-likeness (QED) is 0.631. The second kappa shape index (κ2) is 10.0. The van der Waals surface area contributed by atoms with Crippen LogP contribution in [0.4, 0.5) is 4.79 Å². The van der Waals surface area contributed by atoms with E-state index in [-0.39, 0.29) is 30.4 Å². The maximum absolute atomic E-state index is 11.8. The lowest BCUT2D eigenvalue weighted by Gasteiger charge is -2.31. The summed E-state index contributed by atoms with van der Waals surface area (Å²) >= 11 is 0. The molecule has 0 spiro atoms. The molecular weight excluding hydrogens is 300 g/mol. The summed E-state index contributed by atoms with van der Waals surface area (Å²) < 4.78 is 4.95. The summed E-state index contributed by atoms with van der Waals surface area (Å²) in [5, 5.41) is 5.56. The standard InChI is InChI=1S/C15H28N4O4/c1-4-23-15(22)19-8-5-12(6-9-19)17-14(21)11-13(20)16-7-10-18(2)3/h12H,4-11H2,1-3H3,(H,16,20)(H,17,21). The van der Waals surface area contributed by atoms with Crippen LogP contribution < -0.4 is 10.6 Å². The van der Waals surface area contributed by atoms with Crippen LogP contribution in [0.1, 0.15) is 26.2 Å². The number of ether oxygens (including phenoxy) is 1. The maximum Gasteiger partial charge on any atom is 0.409 e. The van der Waals surface area contributed by atoms with Crippen molar-refractivity contribution in [1.82, 2.24) is 20.4 Å². The highest BCUT2D eigenvalue weighted by Crippen LogP contribution is 2.11. The Bertz CT molecular complexity index is 406. The minimum Gasteiger partial charge on any atom is -0.450 e. The van der Waals surface area contributed by atoms with Gasteiger partial charge in [0.1, 0.15) is 6.42 Å². The molecule has 1 fully saturated rings. The predicted molar refractivity (Wildman–Crippen MR) is 85.9 cm³/mol. The zero-order valence-electron chi connectivity index (χ0n) is 14.3. The Morgan fingerprint density at radius 3 is 2.39 bits per heavy atom. The van der Waals surface area contributed by atoms with Gasteiger partial charge in [0.25, 0.3) is 0 Å². The Labute approximate surface area is 137 Å². The number of likely N-dealkylation sites (tertiary alicyclic amines) is 1. The number of carbonyl (C=O) groups excluding carboxylic acids is 3. The summed E-state index contributed by atoms with van der Waals surface area (Å²) in [6.07, 6.45) is 0.878. The van der Waals surface area contributed by atoms with Crippen molar-refractivity contribution in [2.24, 2.45) is 0 Å². The normalized spacial score (nSPS) is 15.4. The molecule has 0 atom stereocenters. The molecule has 1 aliphatic heterocycles. The summed E-state index contributed by atoms with van der Waals surface area (Å²) in [5.74, 6) is -0.546. The molecular formula is C15H28N4O4. The molecule has 0 radical (unpaired) electrons. The molecule has 23 heavy (non-hydrogen) atoms. The van der Waals surface area contributed by atoms with Crippen molar-refractivity contribution in [2.45, 2.75) is 32.2 Å². The van der Waals surface area contributed by atoms with Crippen molar-refractivity contribution in [3.05, 3.63) is 0 Å². The molecule has 0 bridgehead atoms. The first kappa shape index (κ1) is 19.2. The van der Waals surface area contributed by atoms with E-state index in [9.17, 15) is 14.4 Å². The number of rotatable bonds is 7. The Balaban J connectivity index is 2.21. The van der Waals surface area contributed by atoms with E-state index in [2.05, 4.69) is 10.6 Å². The molecule has 0 aromatic heterocycles. The summed E-state index contributed by atoms with van der Waals surface area (Å²) in [5.41, 5.74) is 0. The second-order valence-corrected chi connectivity index (χ2v) is 5.86. The van der Waals surface area contributed by atoms with Crippen LogP contribution in [0.3, 0.4) is 0 Å². The molecule has 0 aliphatic carbocycles. The van der Waals surface area contributed by atoms with Crippen LogP contribution in [-0.2, 0) is 14.3 Å². The molecule has 3 amide bonds. The van der Waals surface area contributed by atoms with Gasteiger partial charge in [-0.05, 0) is 33.9 Å². The SMILES string of the molecule is CCOC(=O)N1CCC(NC(=O)CC(=O)NCCN(C)C)CC1. The highest BCUT2D eigenvalue weighted by Gasteiger charge is 2.24. The highest BCUT2D eigenvalue weighted by molar-refractivity contribution is 5.96. The largest absolute Gasteiger partial charge is 0.450 e. The summed E-state index contributed by atoms with van der Waals surface area (Å²) in [7, 11) is 3.84. The van der Waals surface area contributed by atoms with Gasteiger partial charge in [0.2, 0.25) is 11.8 Å². The van der Waals surface area contributed by atoms with E-state index in [1.807, 2.05) is 19.0 Å². The van der Waals surface area contributed by atoms with Gasteiger partial charge >= 0.3 is 6.09 Å². The summed E-state index contributed by atoms with van der Waals surface area (Å²) in [6.45, 7) is 4.50. The minimum absolute atomic E-state index is 0.00255. The molecule has 2 N–H and O–H groups in total. The lowest BCUT2D eigenvalue weighted by atomic mass is 10.1. The van der Waals surface area contributed by atoms with Crippen LogP contribution in [0.2, 0.25) is 0 Å². The summed E-state index contributed by atoms with van der Waals surface area (Å²) in [6, 6.07) is 0.00255. The molecule has 8 heteroatoms. The number of nitrogens with zero attached hydrogens (tertiary/aromatic N) is 2. The van der Waals surface area contributed by atoms with E-state index in [4.69, 9.17) is 4.74 Å². The van der Waals surface area contributed by atoms with Gasteiger partial charge in [0.15, 0.2) is 0 Å². The van der Waals surface area contributed by atoms with Gasteiger partial charge in [-0.1, -0.05) is 0 Å². The number of nitrogens with one attached hydrogen (secondary N) is 2. The highest BCUT2D eigenvalue weighted by atomic mass is 16.6. The lowest BCUT2D eigenvalue weighted by molar-refractivity contribution is -0.129.